The van der Waals surface area contributed by atoms with Gasteiger partial charge in [0.2, 0.25) is 5.13 Å². The van der Waals surface area contributed by atoms with E-state index in [1.807, 2.05) is 6.92 Å². The topological polar surface area (TPSA) is 107 Å². The average molecular weight is 328 g/mol. The van der Waals surface area contributed by atoms with Gasteiger partial charge in [-0.15, -0.1) is 10.2 Å². The smallest absolute Gasteiger partial charge is 0.267 e. The molecule has 0 aliphatic carbocycles. The fourth-order valence-corrected chi connectivity index (χ4v) is 3.73. The van der Waals surface area contributed by atoms with Gasteiger partial charge in [0.25, 0.3) is 10.0 Å². The van der Waals surface area contributed by atoms with Crippen molar-refractivity contribution in [2.45, 2.75) is 24.8 Å². The SMILES string of the molecule is CCc1nnc(NS(=O)(=O)c2ccc(CN)cc2OC)s1. The highest BCUT2D eigenvalue weighted by Gasteiger charge is 2.21. The number of anilines is 1. The second kappa shape index (κ2) is 6.37. The third-order valence-electron chi connectivity index (χ3n) is 2.74. The minimum atomic E-state index is -3.78. The van der Waals surface area contributed by atoms with Crippen LogP contribution in [0.3, 0.4) is 0 Å². The molecule has 1 heterocycles. The van der Waals surface area contributed by atoms with E-state index in [0.29, 0.717) is 13.0 Å². The summed E-state index contributed by atoms with van der Waals surface area (Å²) in [6, 6.07) is 4.71. The number of sulfonamides is 1. The first-order valence-electron chi connectivity index (χ1n) is 6.22. The van der Waals surface area contributed by atoms with Crippen LogP contribution < -0.4 is 15.2 Å². The second-order valence-electron chi connectivity index (χ2n) is 4.15. The number of hydrogen-bond donors (Lipinski definition) is 2. The summed E-state index contributed by atoms with van der Waals surface area (Å²) in [5.41, 5.74) is 6.32. The molecule has 0 aliphatic heterocycles. The molecule has 0 unspecified atom stereocenters. The van der Waals surface area contributed by atoms with Crippen molar-refractivity contribution in [1.82, 2.24) is 10.2 Å². The molecule has 0 bridgehead atoms. The van der Waals surface area contributed by atoms with Crippen LogP contribution in [0.5, 0.6) is 5.75 Å². The predicted molar refractivity (Wildman–Crippen MR) is 81.0 cm³/mol. The van der Waals surface area contributed by atoms with Gasteiger partial charge in [0.05, 0.1) is 7.11 Å². The zero-order valence-corrected chi connectivity index (χ0v) is 13.3. The van der Waals surface area contributed by atoms with Crippen molar-refractivity contribution >= 4 is 26.5 Å². The van der Waals surface area contributed by atoms with E-state index in [9.17, 15) is 8.42 Å². The predicted octanol–water partition coefficient (Wildman–Crippen LogP) is 1.37. The molecule has 2 aromatic rings. The number of aromatic nitrogens is 2. The van der Waals surface area contributed by atoms with Gasteiger partial charge in [0.1, 0.15) is 15.7 Å². The maximum absolute atomic E-state index is 12.4. The van der Waals surface area contributed by atoms with E-state index < -0.39 is 10.0 Å². The lowest BCUT2D eigenvalue weighted by molar-refractivity contribution is 0.402. The quantitative estimate of drug-likeness (QED) is 0.829. The molecule has 1 aromatic carbocycles. The third kappa shape index (κ3) is 3.49. The Hall–Kier alpha value is -1.71. The van der Waals surface area contributed by atoms with Crippen molar-refractivity contribution in [2.24, 2.45) is 5.73 Å². The van der Waals surface area contributed by atoms with Crippen LogP contribution in [0.15, 0.2) is 23.1 Å². The molecule has 21 heavy (non-hydrogen) atoms. The summed E-state index contributed by atoms with van der Waals surface area (Å²) in [5.74, 6) is 0.241. The molecule has 7 nitrogen and oxygen atoms in total. The summed E-state index contributed by atoms with van der Waals surface area (Å²) >= 11 is 1.20. The van der Waals surface area contributed by atoms with Crippen LogP contribution in [0.25, 0.3) is 0 Å². The Morgan fingerprint density at radius 3 is 2.71 bits per heavy atom. The molecule has 0 saturated heterocycles. The molecule has 0 aliphatic rings. The number of hydrogen-bond acceptors (Lipinski definition) is 7. The Balaban J connectivity index is 2.34. The Kier molecular flexibility index (Phi) is 4.76. The van der Waals surface area contributed by atoms with Crippen LogP contribution in [-0.4, -0.2) is 25.7 Å². The molecule has 0 amide bonds. The minimum Gasteiger partial charge on any atom is -0.495 e. The van der Waals surface area contributed by atoms with Gasteiger partial charge in [-0.05, 0) is 24.1 Å². The highest BCUT2D eigenvalue weighted by Crippen LogP contribution is 2.27. The van der Waals surface area contributed by atoms with Gasteiger partial charge in [-0.2, -0.15) is 0 Å². The van der Waals surface area contributed by atoms with Crippen molar-refractivity contribution in [3.05, 3.63) is 28.8 Å². The monoisotopic (exact) mass is 328 g/mol. The molecule has 9 heteroatoms. The highest BCUT2D eigenvalue weighted by atomic mass is 32.2. The minimum absolute atomic E-state index is 0.0375. The first-order valence-corrected chi connectivity index (χ1v) is 8.52. The zero-order chi connectivity index (χ0) is 15.5. The van der Waals surface area contributed by atoms with Crippen LogP contribution in [0.4, 0.5) is 5.13 Å². The van der Waals surface area contributed by atoms with E-state index >= 15 is 0 Å². The lowest BCUT2D eigenvalue weighted by Gasteiger charge is -2.11. The molecule has 1 aromatic heterocycles. The third-order valence-corrected chi connectivity index (χ3v) is 5.23. The molecule has 2 rings (SSSR count). The van der Waals surface area contributed by atoms with Crippen LogP contribution in [-0.2, 0) is 23.0 Å². The molecule has 0 fully saturated rings. The van der Waals surface area contributed by atoms with E-state index in [0.717, 1.165) is 10.6 Å². The number of nitrogens with zero attached hydrogens (tertiary/aromatic N) is 2. The van der Waals surface area contributed by atoms with Crippen LogP contribution in [0, 0.1) is 0 Å². The summed E-state index contributed by atoms with van der Waals surface area (Å²) in [6.45, 7) is 2.23. The molecular formula is C12H16N4O3S2. The van der Waals surface area contributed by atoms with Crippen LogP contribution in [0.2, 0.25) is 0 Å². The van der Waals surface area contributed by atoms with E-state index in [1.165, 1.54) is 24.5 Å². The van der Waals surface area contributed by atoms with E-state index in [1.54, 1.807) is 12.1 Å². The standard InChI is InChI=1S/C12H16N4O3S2/c1-3-11-14-15-12(20-11)16-21(17,18)10-5-4-8(7-13)6-9(10)19-2/h4-6H,3,7,13H2,1-2H3,(H,15,16). The van der Waals surface area contributed by atoms with E-state index in [4.69, 9.17) is 10.5 Å². The van der Waals surface area contributed by atoms with Crippen molar-refractivity contribution in [1.29, 1.82) is 0 Å². The van der Waals surface area contributed by atoms with E-state index in [-0.39, 0.29) is 15.8 Å². The normalized spacial score (nSPS) is 11.4. The number of ether oxygens (including phenoxy) is 1. The summed E-state index contributed by atoms with van der Waals surface area (Å²) in [6.07, 6.45) is 0.702. The Morgan fingerprint density at radius 1 is 1.38 bits per heavy atom. The Labute approximate surface area is 127 Å². The number of rotatable bonds is 6. The number of methoxy groups -OCH3 is 1. The Morgan fingerprint density at radius 2 is 2.14 bits per heavy atom. The molecule has 0 spiro atoms. The van der Waals surface area contributed by atoms with Gasteiger partial charge in [-0.3, -0.25) is 4.72 Å². The zero-order valence-electron chi connectivity index (χ0n) is 11.7. The fraction of sp³-hybridized carbons (Fsp3) is 0.333. The van der Waals surface area contributed by atoms with Gasteiger partial charge in [-0.25, -0.2) is 8.42 Å². The summed E-state index contributed by atoms with van der Waals surface area (Å²) in [7, 11) is -2.37. The summed E-state index contributed by atoms with van der Waals surface area (Å²) < 4.78 is 32.3. The molecule has 114 valence electrons. The maximum atomic E-state index is 12.4. The number of benzene rings is 1. The van der Waals surface area contributed by atoms with Crippen molar-refractivity contribution in [2.75, 3.05) is 11.8 Å². The highest BCUT2D eigenvalue weighted by molar-refractivity contribution is 7.93. The van der Waals surface area contributed by atoms with Gasteiger partial charge < -0.3 is 10.5 Å². The second-order valence-corrected chi connectivity index (χ2v) is 6.86. The average Bonchev–Trinajstić information content (AvgIpc) is 2.93. The first kappa shape index (κ1) is 15.7. The maximum Gasteiger partial charge on any atom is 0.267 e. The number of nitrogens with one attached hydrogen (secondary N) is 1. The van der Waals surface area contributed by atoms with Gasteiger partial charge in [-0.1, -0.05) is 24.3 Å². The van der Waals surface area contributed by atoms with Crippen molar-refractivity contribution < 1.29 is 13.2 Å². The number of aryl methyl sites for hydroxylation is 1. The fourth-order valence-electron chi connectivity index (χ4n) is 1.67. The van der Waals surface area contributed by atoms with Crippen molar-refractivity contribution in [3.8, 4) is 5.75 Å². The first-order chi connectivity index (χ1) is 10.00. The molecular weight excluding hydrogens is 312 g/mol. The molecule has 3 N–H and O–H groups in total. The number of nitrogens with two attached hydrogens (primary N) is 1. The van der Waals surface area contributed by atoms with E-state index in [2.05, 4.69) is 14.9 Å². The molecule has 0 radical (unpaired) electrons. The Bertz CT molecular complexity index is 728. The molecule has 0 atom stereocenters. The lowest BCUT2D eigenvalue weighted by atomic mass is 10.2. The molecule has 0 saturated carbocycles. The van der Waals surface area contributed by atoms with Crippen LogP contribution in [0.1, 0.15) is 17.5 Å². The summed E-state index contributed by atoms with van der Waals surface area (Å²) in [5, 5.41) is 8.68. The lowest BCUT2D eigenvalue weighted by Crippen LogP contribution is -2.14. The largest absolute Gasteiger partial charge is 0.495 e. The van der Waals surface area contributed by atoms with Gasteiger partial charge in [0, 0.05) is 6.54 Å². The van der Waals surface area contributed by atoms with Crippen LogP contribution >= 0.6 is 11.3 Å². The van der Waals surface area contributed by atoms with Gasteiger partial charge >= 0.3 is 0 Å². The van der Waals surface area contributed by atoms with Crippen molar-refractivity contribution in [3.63, 3.8) is 0 Å². The summed E-state index contributed by atoms with van der Waals surface area (Å²) in [4.78, 5) is 0.0375. The van der Waals surface area contributed by atoms with Gasteiger partial charge in [0.15, 0.2) is 0 Å².